The summed E-state index contributed by atoms with van der Waals surface area (Å²) in [4.78, 5) is 51.3. The smallest absolute Gasteiger partial charge is 0.261 e. The zero-order chi connectivity index (χ0) is 22.0. The van der Waals surface area contributed by atoms with E-state index in [2.05, 4.69) is 5.29 Å². The van der Waals surface area contributed by atoms with Gasteiger partial charge in [-0.3, -0.25) is 19.3 Å². The first-order chi connectivity index (χ1) is 15.0. The molecule has 10 nitrogen and oxygen atoms in total. The van der Waals surface area contributed by atoms with Gasteiger partial charge in [-0.1, -0.05) is 24.3 Å². The Morgan fingerprint density at radius 3 is 2.32 bits per heavy atom. The maximum atomic E-state index is 12.5. The van der Waals surface area contributed by atoms with Crippen molar-refractivity contribution in [2.45, 2.75) is 6.10 Å². The van der Waals surface area contributed by atoms with E-state index in [0.29, 0.717) is 24.5 Å². The summed E-state index contributed by atoms with van der Waals surface area (Å²) in [5.74, 6) is -1.25. The normalized spacial score (nSPS) is 17.0. The monoisotopic (exact) mass is 424 g/mol. The lowest BCUT2D eigenvalue weighted by atomic mass is 10.1. The van der Waals surface area contributed by atoms with Gasteiger partial charge >= 0.3 is 0 Å². The zero-order valence-corrected chi connectivity index (χ0v) is 16.5. The minimum Gasteiger partial charge on any atom is -0.389 e. The van der Waals surface area contributed by atoms with E-state index in [4.69, 9.17) is 4.74 Å². The van der Waals surface area contributed by atoms with Crippen LogP contribution < -0.4 is 9.91 Å². The largest absolute Gasteiger partial charge is 0.389 e. The van der Waals surface area contributed by atoms with E-state index in [1.54, 1.807) is 48.5 Å². The standard InChI is InChI=1S/C21H20N4O6/c26-14(11-24-20(28)15-5-1-2-6-16(15)21(24)29)12-25(22-30)18-8-4-3-7-17(18)23-9-10-31-13-19(23)27/h1-8,14,26H,9-13H2/t14-/m0/s1. The number of carbonyl (C=O) groups is 3. The second kappa shape index (κ2) is 8.62. The minimum atomic E-state index is -1.24. The molecule has 1 N–H and O–H groups in total. The number of anilines is 2. The summed E-state index contributed by atoms with van der Waals surface area (Å²) >= 11 is 0. The summed E-state index contributed by atoms with van der Waals surface area (Å²) in [6.45, 7) is 0.0474. The van der Waals surface area contributed by atoms with E-state index < -0.39 is 17.9 Å². The van der Waals surface area contributed by atoms with Crippen LogP contribution in [0.15, 0.2) is 53.8 Å². The number of fused-ring (bicyclic) bond motifs is 1. The van der Waals surface area contributed by atoms with E-state index in [-0.39, 0.29) is 36.7 Å². The van der Waals surface area contributed by atoms with Gasteiger partial charge in [0.2, 0.25) is 0 Å². The van der Waals surface area contributed by atoms with Crippen molar-refractivity contribution in [3.05, 3.63) is 64.6 Å². The number of hydrogen-bond acceptors (Lipinski definition) is 7. The molecule has 31 heavy (non-hydrogen) atoms. The van der Waals surface area contributed by atoms with Gasteiger partial charge in [0.15, 0.2) is 0 Å². The second-order valence-corrected chi connectivity index (χ2v) is 7.17. The van der Waals surface area contributed by atoms with Gasteiger partial charge in [-0.2, -0.15) is 0 Å². The van der Waals surface area contributed by atoms with E-state index >= 15 is 0 Å². The molecule has 3 amide bonds. The molecule has 0 saturated carbocycles. The fourth-order valence-electron chi connectivity index (χ4n) is 3.73. The number of β-amino-alcohol motifs (C(OH)–C–C–N with tert-alkyl or cyclic N) is 1. The van der Waals surface area contributed by atoms with Crippen LogP contribution in [0.3, 0.4) is 0 Å². The number of benzene rings is 2. The van der Waals surface area contributed by atoms with Crippen molar-refractivity contribution in [3.63, 3.8) is 0 Å². The van der Waals surface area contributed by atoms with Crippen molar-refractivity contribution in [3.8, 4) is 0 Å². The highest BCUT2D eigenvalue weighted by molar-refractivity contribution is 6.21. The summed E-state index contributed by atoms with van der Waals surface area (Å²) in [7, 11) is 0. The zero-order valence-electron chi connectivity index (χ0n) is 16.5. The molecule has 2 heterocycles. The second-order valence-electron chi connectivity index (χ2n) is 7.17. The van der Waals surface area contributed by atoms with Gasteiger partial charge in [-0.25, -0.2) is 5.01 Å². The van der Waals surface area contributed by atoms with Crippen LogP contribution in [-0.2, 0) is 9.53 Å². The number of ether oxygens (including phenoxy) is 1. The van der Waals surface area contributed by atoms with Crippen LogP contribution in [0.1, 0.15) is 20.7 Å². The van der Waals surface area contributed by atoms with Crippen LogP contribution in [0.4, 0.5) is 11.4 Å². The van der Waals surface area contributed by atoms with Crippen molar-refractivity contribution in [1.29, 1.82) is 0 Å². The number of amides is 3. The summed E-state index contributed by atoms with van der Waals surface area (Å²) in [6, 6.07) is 13.1. The topological polar surface area (TPSA) is 120 Å². The molecular weight excluding hydrogens is 404 g/mol. The lowest BCUT2D eigenvalue weighted by Crippen LogP contribution is -2.43. The quantitative estimate of drug-likeness (QED) is 0.403. The predicted octanol–water partition coefficient (Wildman–Crippen LogP) is 1.19. The van der Waals surface area contributed by atoms with Gasteiger partial charge in [-0.05, 0) is 24.3 Å². The average Bonchev–Trinajstić information content (AvgIpc) is 3.03. The maximum Gasteiger partial charge on any atom is 0.261 e. The highest BCUT2D eigenvalue weighted by Gasteiger charge is 2.36. The third kappa shape index (κ3) is 3.90. The summed E-state index contributed by atoms with van der Waals surface area (Å²) in [5, 5.41) is 14.6. The number of para-hydroxylation sites is 2. The third-order valence-electron chi connectivity index (χ3n) is 5.19. The fourth-order valence-corrected chi connectivity index (χ4v) is 3.73. The van der Waals surface area contributed by atoms with Gasteiger partial charge in [0.05, 0.1) is 53.6 Å². The van der Waals surface area contributed by atoms with Crippen LogP contribution >= 0.6 is 0 Å². The molecule has 0 unspecified atom stereocenters. The number of rotatable bonds is 7. The number of aliphatic hydroxyl groups is 1. The SMILES string of the molecule is O=NN(C[C@@H](O)CN1C(=O)c2ccccc2C1=O)c1ccccc1N1CCOCC1=O. The fraction of sp³-hybridized carbons (Fsp3) is 0.286. The Morgan fingerprint density at radius 2 is 1.68 bits per heavy atom. The van der Waals surface area contributed by atoms with Crippen LogP contribution in [0.25, 0.3) is 0 Å². The number of hydrogen-bond donors (Lipinski definition) is 1. The predicted molar refractivity (Wildman–Crippen MR) is 111 cm³/mol. The van der Waals surface area contributed by atoms with E-state index in [1.807, 2.05) is 0 Å². The van der Waals surface area contributed by atoms with E-state index in [0.717, 1.165) is 9.91 Å². The van der Waals surface area contributed by atoms with Crippen molar-refractivity contribution < 1.29 is 24.2 Å². The van der Waals surface area contributed by atoms with Gasteiger partial charge in [-0.15, -0.1) is 4.91 Å². The summed E-state index contributed by atoms with van der Waals surface area (Å²) in [6.07, 6.45) is -1.24. The average molecular weight is 424 g/mol. The Kier molecular flexibility index (Phi) is 5.74. The van der Waals surface area contributed by atoms with Crippen LogP contribution in [0, 0.1) is 4.91 Å². The number of nitrogens with zero attached hydrogens (tertiary/aromatic N) is 4. The van der Waals surface area contributed by atoms with Gasteiger partial charge in [0.25, 0.3) is 17.7 Å². The Morgan fingerprint density at radius 1 is 1.03 bits per heavy atom. The Bertz CT molecular complexity index is 1010. The van der Waals surface area contributed by atoms with Crippen LogP contribution in [-0.4, -0.2) is 66.7 Å². The first kappa shape index (κ1) is 20.6. The Balaban J connectivity index is 1.50. The molecule has 1 atom stereocenters. The molecule has 0 spiro atoms. The van der Waals surface area contributed by atoms with Gasteiger partial charge in [0, 0.05) is 6.54 Å². The molecule has 2 aliphatic rings. The number of carbonyl (C=O) groups excluding carboxylic acids is 3. The third-order valence-corrected chi connectivity index (χ3v) is 5.19. The van der Waals surface area contributed by atoms with Crippen LogP contribution in [0.2, 0.25) is 0 Å². The Hall–Kier alpha value is -3.63. The highest BCUT2D eigenvalue weighted by atomic mass is 16.5. The number of imide groups is 1. The molecule has 0 aliphatic carbocycles. The van der Waals surface area contributed by atoms with Crippen molar-refractivity contribution in [2.75, 3.05) is 42.8 Å². The highest BCUT2D eigenvalue weighted by Crippen LogP contribution is 2.31. The van der Waals surface area contributed by atoms with Gasteiger partial charge in [0.1, 0.15) is 6.61 Å². The summed E-state index contributed by atoms with van der Waals surface area (Å²) in [5.41, 5.74) is 1.35. The first-order valence-electron chi connectivity index (χ1n) is 9.72. The molecule has 1 fully saturated rings. The maximum absolute atomic E-state index is 12.5. The number of aliphatic hydroxyl groups excluding tert-OH is 1. The minimum absolute atomic E-state index is 0.0643. The number of nitroso groups, excluding NO2 is 1. The lowest BCUT2D eigenvalue weighted by molar-refractivity contribution is -0.125. The molecule has 1 saturated heterocycles. The molecule has 0 aromatic heterocycles. The van der Waals surface area contributed by atoms with Crippen molar-refractivity contribution >= 4 is 29.1 Å². The summed E-state index contributed by atoms with van der Waals surface area (Å²) < 4.78 is 5.15. The van der Waals surface area contributed by atoms with Crippen molar-refractivity contribution in [1.82, 2.24) is 4.90 Å². The lowest BCUT2D eigenvalue weighted by Gasteiger charge is -2.31. The molecular formula is C21H20N4O6. The molecule has 4 rings (SSSR count). The van der Waals surface area contributed by atoms with Crippen molar-refractivity contribution in [2.24, 2.45) is 5.29 Å². The molecule has 0 bridgehead atoms. The molecule has 0 radical (unpaired) electrons. The van der Waals surface area contributed by atoms with Crippen LogP contribution in [0.5, 0.6) is 0 Å². The molecule has 2 aromatic carbocycles. The molecule has 2 aliphatic heterocycles. The number of morpholine rings is 1. The first-order valence-corrected chi connectivity index (χ1v) is 9.72. The molecule has 10 heteroatoms. The van der Waals surface area contributed by atoms with E-state index in [9.17, 15) is 24.4 Å². The molecule has 2 aromatic rings. The Labute approximate surface area is 177 Å². The van der Waals surface area contributed by atoms with Gasteiger partial charge < -0.3 is 14.7 Å². The molecule has 160 valence electrons. The van der Waals surface area contributed by atoms with E-state index in [1.165, 1.54) is 4.90 Å².